The molecular formula is C8H11NNaO2S. The molecule has 0 atom stereocenters. The van der Waals surface area contributed by atoms with Gasteiger partial charge in [-0.1, -0.05) is 30.3 Å². The summed E-state index contributed by atoms with van der Waals surface area (Å²) >= 11 is 0. The number of benzene rings is 1. The SMILES string of the molecule is CS(=O)(=O)NCc1ccccc1.[Na]. The van der Waals surface area contributed by atoms with E-state index in [4.69, 9.17) is 0 Å². The molecule has 0 saturated heterocycles. The van der Waals surface area contributed by atoms with Gasteiger partial charge in [-0.3, -0.25) is 0 Å². The molecule has 3 nitrogen and oxygen atoms in total. The van der Waals surface area contributed by atoms with Gasteiger partial charge >= 0.3 is 0 Å². The van der Waals surface area contributed by atoms with Gasteiger partial charge in [0, 0.05) is 36.1 Å². The van der Waals surface area contributed by atoms with Gasteiger partial charge in [0.05, 0.1) is 6.26 Å². The van der Waals surface area contributed by atoms with Crippen LogP contribution < -0.4 is 4.72 Å². The molecule has 0 fully saturated rings. The average molecular weight is 208 g/mol. The number of sulfonamides is 1. The van der Waals surface area contributed by atoms with Crippen LogP contribution in [0.15, 0.2) is 30.3 Å². The second-order valence-corrected chi connectivity index (χ2v) is 4.41. The molecule has 1 radical (unpaired) electrons. The molecule has 0 amide bonds. The maximum Gasteiger partial charge on any atom is 0.209 e. The second kappa shape index (κ2) is 5.78. The van der Waals surface area contributed by atoms with Crippen LogP contribution in [-0.4, -0.2) is 44.2 Å². The van der Waals surface area contributed by atoms with E-state index in [1.54, 1.807) is 0 Å². The summed E-state index contributed by atoms with van der Waals surface area (Å²) in [7, 11) is -3.07. The Morgan fingerprint density at radius 3 is 2.23 bits per heavy atom. The van der Waals surface area contributed by atoms with Crippen molar-refractivity contribution in [2.45, 2.75) is 6.54 Å². The first-order chi connectivity index (χ1) is 5.58. The van der Waals surface area contributed by atoms with Crippen LogP contribution in [0.4, 0.5) is 0 Å². The first kappa shape index (κ1) is 13.1. The zero-order valence-corrected chi connectivity index (χ0v) is 10.6. The Balaban J connectivity index is 0.00000144. The van der Waals surface area contributed by atoms with E-state index in [0.29, 0.717) is 6.54 Å². The summed E-state index contributed by atoms with van der Waals surface area (Å²) in [6.45, 7) is 0.361. The van der Waals surface area contributed by atoms with Crippen molar-refractivity contribution in [3.8, 4) is 0 Å². The summed E-state index contributed by atoms with van der Waals surface area (Å²) in [6, 6.07) is 9.39. The summed E-state index contributed by atoms with van der Waals surface area (Å²) in [4.78, 5) is 0. The molecule has 0 aliphatic heterocycles. The van der Waals surface area contributed by atoms with Gasteiger partial charge in [-0.25, -0.2) is 13.1 Å². The summed E-state index contributed by atoms with van der Waals surface area (Å²) in [5.74, 6) is 0. The molecule has 0 aliphatic rings. The molecule has 1 aromatic rings. The number of hydrogen-bond acceptors (Lipinski definition) is 2. The maximum absolute atomic E-state index is 10.7. The predicted molar refractivity (Wildman–Crippen MR) is 53.9 cm³/mol. The van der Waals surface area contributed by atoms with Crippen molar-refractivity contribution in [2.75, 3.05) is 6.26 Å². The van der Waals surface area contributed by atoms with Crippen molar-refractivity contribution < 1.29 is 8.42 Å². The van der Waals surface area contributed by atoms with Crippen molar-refractivity contribution >= 4 is 39.6 Å². The molecular weight excluding hydrogens is 197 g/mol. The molecule has 5 heteroatoms. The Hall–Kier alpha value is 0.130. The zero-order valence-electron chi connectivity index (χ0n) is 7.82. The van der Waals surface area contributed by atoms with Crippen molar-refractivity contribution in [3.63, 3.8) is 0 Å². The number of nitrogens with one attached hydrogen (secondary N) is 1. The molecule has 0 saturated carbocycles. The minimum Gasteiger partial charge on any atom is -0.213 e. The maximum atomic E-state index is 10.7. The standard InChI is InChI=1S/C8H11NO2S.Na/c1-12(10,11)9-7-8-5-3-2-4-6-8;/h2-6,9H,7H2,1H3;. The van der Waals surface area contributed by atoms with Crippen LogP contribution in [0.3, 0.4) is 0 Å². The van der Waals surface area contributed by atoms with Crippen LogP contribution in [-0.2, 0) is 16.6 Å². The molecule has 0 heterocycles. The molecule has 0 aliphatic carbocycles. The topological polar surface area (TPSA) is 46.2 Å². The Labute approximate surface area is 101 Å². The van der Waals surface area contributed by atoms with Crippen LogP contribution in [0.5, 0.6) is 0 Å². The first-order valence-corrected chi connectivity index (χ1v) is 5.45. The van der Waals surface area contributed by atoms with Crippen LogP contribution >= 0.6 is 0 Å². The molecule has 0 bridgehead atoms. The normalized spacial score (nSPS) is 10.5. The molecule has 0 aromatic heterocycles. The molecule has 1 rings (SSSR count). The third kappa shape index (κ3) is 6.23. The van der Waals surface area contributed by atoms with Crippen molar-refractivity contribution in [2.24, 2.45) is 0 Å². The smallest absolute Gasteiger partial charge is 0.209 e. The molecule has 13 heavy (non-hydrogen) atoms. The molecule has 1 N–H and O–H groups in total. The Morgan fingerprint density at radius 2 is 1.77 bits per heavy atom. The van der Waals surface area contributed by atoms with Gasteiger partial charge in [0.25, 0.3) is 0 Å². The van der Waals surface area contributed by atoms with Gasteiger partial charge in [0.1, 0.15) is 0 Å². The van der Waals surface area contributed by atoms with E-state index in [0.717, 1.165) is 11.8 Å². The quantitative estimate of drug-likeness (QED) is 0.729. The van der Waals surface area contributed by atoms with Crippen LogP contribution in [0.1, 0.15) is 5.56 Å². The van der Waals surface area contributed by atoms with Gasteiger partial charge in [0.2, 0.25) is 10.0 Å². The third-order valence-electron chi connectivity index (χ3n) is 1.38. The van der Waals surface area contributed by atoms with E-state index in [1.807, 2.05) is 30.3 Å². The second-order valence-electron chi connectivity index (χ2n) is 2.58. The summed E-state index contributed by atoms with van der Waals surface area (Å²) in [5, 5.41) is 0. The van der Waals surface area contributed by atoms with Crippen LogP contribution in [0.25, 0.3) is 0 Å². The van der Waals surface area contributed by atoms with Crippen LogP contribution in [0, 0.1) is 0 Å². The van der Waals surface area contributed by atoms with Gasteiger partial charge in [0.15, 0.2) is 0 Å². The van der Waals surface area contributed by atoms with Crippen molar-refractivity contribution in [3.05, 3.63) is 35.9 Å². The van der Waals surface area contributed by atoms with E-state index in [1.165, 1.54) is 0 Å². The fraction of sp³-hybridized carbons (Fsp3) is 0.250. The number of rotatable bonds is 3. The number of hydrogen-bond donors (Lipinski definition) is 1. The van der Waals surface area contributed by atoms with E-state index >= 15 is 0 Å². The largest absolute Gasteiger partial charge is 0.213 e. The van der Waals surface area contributed by atoms with Gasteiger partial charge < -0.3 is 0 Å². The Kier molecular flexibility index (Phi) is 5.83. The zero-order chi connectivity index (χ0) is 9.03. The molecule has 0 spiro atoms. The average Bonchev–Trinajstić information content (AvgIpc) is 2.02. The van der Waals surface area contributed by atoms with Crippen LogP contribution in [0.2, 0.25) is 0 Å². The summed E-state index contributed by atoms with van der Waals surface area (Å²) in [5.41, 5.74) is 0.961. The molecule has 0 unspecified atom stereocenters. The third-order valence-corrected chi connectivity index (χ3v) is 2.05. The Morgan fingerprint density at radius 1 is 1.23 bits per heavy atom. The monoisotopic (exact) mass is 208 g/mol. The first-order valence-electron chi connectivity index (χ1n) is 3.56. The van der Waals surface area contributed by atoms with Gasteiger partial charge in [-0.15, -0.1) is 0 Å². The summed E-state index contributed by atoms with van der Waals surface area (Å²) in [6.07, 6.45) is 1.15. The predicted octanol–water partition coefficient (Wildman–Crippen LogP) is 0.355. The Bertz CT molecular complexity index is 336. The van der Waals surface area contributed by atoms with Gasteiger partial charge in [-0.05, 0) is 5.56 Å². The van der Waals surface area contributed by atoms with E-state index < -0.39 is 10.0 Å². The van der Waals surface area contributed by atoms with E-state index in [-0.39, 0.29) is 29.6 Å². The minimum absolute atomic E-state index is 0. The fourth-order valence-corrected chi connectivity index (χ4v) is 1.24. The fourth-order valence-electron chi connectivity index (χ4n) is 0.810. The van der Waals surface area contributed by atoms with E-state index in [9.17, 15) is 8.42 Å². The van der Waals surface area contributed by atoms with E-state index in [2.05, 4.69) is 4.72 Å². The minimum atomic E-state index is -3.07. The summed E-state index contributed by atoms with van der Waals surface area (Å²) < 4.78 is 23.8. The van der Waals surface area contributed by atoms with Crippen molar-refractivity contribution in [1.29, 1.82) is 0 Å². The van der Waals surface area contributed by atoms with Gasteiger partial charge in [-0.2, -0.15) is 0 Å². The molecule has 1 aromatic carbocycles. The van der Waals surface area contributed by atoms with Crippen molar-refractivity contribution in [1.82, 2.24) is 4.72 Å². The molecule has 67 valence electrons.